The minimum atomic E-state index is -3.60. The van der Waals surface area contributed by atoms with Crippen molar-refractivity contribution >= 4 is 50.7 Å². The summed E-state index contributed by atoms with van der Waals surface area (Å²) < 4.78 is 31.4. The molecular weight excluding hydrogens is 537 g/mol. The predicted molar refractivity (Wildman–Crippen MR) is 149 cm³/mol. The van der Waals surface area contributed by atoms with E-state index >= 15 is 0 Å². The fourth-order valence-electron chi connectivity index (χ4n) is 3.65. The van der Waals surface area contributed by atoms with Crippen LogP contribution in [0.4, 0.5) is 5.69 Å². The third kappa shape index (κ3) is 9.09. The van der Waals surface area contributed by atoms with Crippen molar-refractivity contribution in [1.82, 2.24) is 10.2 Å². The summed E-state index contributed by atoms with van der Waals surface area (Å²) >= 11 is 12.2. The van der Waals surface area contributed by atoms with Crippen molar-refractivity contribution in [2.45, 2.75) is 58.7 Å². The number of carbonyl (C=O) groups excluding carboxylic acids is 2. The lowest BCUT2D eigenvalue weighted by Gasteiger charge is -2.30. The van der Waals surface area contributed by atoms with Crippen molar-refractivity contribution in [2.75, 3.05) is 24.2 Å². The molecule has 204 valence electrons. The Morgan fingerprint density at radius 1 is 1.08 bits per heavy atom. The zero-order chi connectivity index (χ0) is 27.8. The minimum Gasteiger partial charge on any atom is -0.497 e. The van der Waals surface area contributed by atoms with E-state index in [4.69, 9.17) is 27.9 Å². The molecule has 2 rings (SSSR count). The lowest BCUT2D eigenvalue weighted by molar-refractivity contribution is -0.140. The summed E-state index contributed by atoms with van der Waals surface area (Å²) in [5.74, 6) is -0.0231. The fourth-order valence-corrected chi connectivity index (χ4v) is 4.93. The number of anilines is 1. The Morgan fingerprint density at radius 2 is 1.78 bits per heavy atom. The zero-order valence-electron chi connectivity index (χ0n) is 21.8. The number of sulfonamides is 1. The van der Waals surface area contributed by atoms with Crippen LogP contribution in [0.2, 0.25) is 10.0 Å². The van der Waals surface area contributed by atoms with E-state index in [1.807, 2.05) is 13.8 Å². The Bertz CT molecular complexity index is 1190. The Balaban J connectivity index is 2.21. The molecule has 11 heteroatoms. The highest BCUT2D eigenvalue weighted by atomic mass is 35.5. The first-order chi connectivity index (χ1) is 17.4. The number of rotatable bonds is 13. The number of halogens is 2. The molecule has 2 aromatic carbocycles. The molecule has 0 radical (unpaired) electrons. The van der Waals surface area contributed by atoms with E-state index in [0.29, 0.717) is 21.5 Å². The van der Waals surface area contributed by atoms with Crippen LogP contribution in [-0.2, 0) is 26.2 Å². The molecule has 0 aliphatic rings. The fraction of sp³-hybridized carbons (Fsp3) is 0.462. The van der Waals surface area contributed by atoms with E-state index in [9.17, 15) is 18.0 Å². The van der Waals surface area contributed by atoms with Crippen LogP contribution in [0.3, 0.4) is 0 Å². The normalized spacial score (nSPS) is 12.9. The molecule has 0 aromatic heterocycles. The molecule has 2 amide bonds. The van der Waals surface area contributed by atoms with E-state index in [1.54, 1.807) is 49.4 Å². The van der Waals surface area contributed by atoms with Gasteiger partial charge in [0, 0.05) is 31.6 Å². The van der Waals surface area contributed by atoms with Gasteiger partial charge in [0.15, 0.2) is 0 Å². The molecule has 0 spiro atoms. The van der Waals surface area contributed by atoms with Crippen LogP contribution in [0.25, 0.3) is 0 Å². The van der Waals surface area contributed by atoms with Gasteiger partial charge in [-0.15, -0.1) is 0 Å². The Morgan fingerprint density at radius 3 is 2.38 bits per heavy atom. The van der Waals surface area contributed by atoms with Crippen LogP contribution in [-0.4, -0.2) is 57.1 Å². The van der Waals surface area contributed by atoms with Gasteiger partial charge in [0.1, 0.15) is 11.8 Å². The topological polar surface area (TPSA) is 96.0 Å². The molecule has 0 aliphatic heterocycles. The Labute approximate surface area is 229 Å². The van der Waals surface area contributed by atoms with E-state index in [2.05, 4.69) is 5.32 Å². The molecule has 8 nitrogen and oxygen atoms in total. The Hall–Kier alpha value is -2.49. The van der Waals surface area contributed by atoms with Gasteiger partial charge in [-0.1, -0.05) is 42.3 Å². The van der Waals surface area contributed by atoms with Crippen molar-refractivity contribution in [3.05, 3.63) is 58.1 Å². The summed E-state index contributed by atoms with van der Waals surface area (Å²) in [5, 5.41) is 3.66. The van der Waals surface area contributed by atoms with Crippen molar-refractivity contribution in [3.63, 3.8) is 0 Å². The summed E-state index contributed by atoms with van der Waals surface area (Å²) in [5.41, 5.74) is 1.17. The number of benzene rings is 2. The van der Waals surface area contributed by atoms with Gasteiger partial charge in [-0.3, -0.25) is 13.9 Å². The molecule has 0 saturated heterocycles. The van der Waals surface area contributed by atoms with Crippen molar-refractivity contribution in [1.29, 1.82) is 0 Å². The maximum atomic E-state index is 13.4. The third-order valence-electron chi connectivity index (χ3n) is 6.00. The first kappa shape index (κ1) is 30.7. The molecule has 0 unspecified atom stereocenters. The molecular formula is C26H35Cl2N3O5S. The second kappa shape index (κ2) is 13.9. The summed E-state index contributed by atoms with van der Waals surface area (Å²) in [6, 6.07) is 11.0. The highest BCUT2D eigenvalue weighted by Crippen LogP contribution is 2.25. The number of ether oxygens (including phenoxy) is 1. The van der Waals surface area contributed by atoms with Crippen LogP contribution in [0.5, 0.6) is 5.75 Å². The average Bonchev–Trinajstić information content (AvgIpc) is 2.85. The van der Waals surface area contributed by atoms with Gasteiger partial charge in [0.2, 0.25) is 21.8 Å². The number of amides is 2. The van der Waals surface area contributed by atoms with Crippen molar-refractivity contribution in [2.24, 2.45) is 0 Å². The minimum absolute atomic E-state index is 0.0388. The van der Waals surface area contributed by atoms with Crippen LogP contribution in [0.15, 0.2) is 42.5 Å². The van der Waals surface area contributed by atoms with E-state index in [1.165, 1.54) is 16.3 Å². The van der Waals surface area contributed by atoms with Gasteiger partial charge in [-0.2, -0.15) is 0 Å². The van der Waals surface area contributed by atoms with Gasteiger partial charge in [-0.05, 0) is 56.5 Å². The molecule has 0 aliphatic carbocycles. The van der Waals surface area contributed by atoms with Crippen LogP contribution >= 0.6 is 23.2 Å². The summed E-state index contributed by atoms with van der Waals surface area (Å²) in [7, 11) is -2.10. The second-order valence-electron chi connectivity index (χ2n) is 8.90. The lowest BCUT2D eigenvalue weighted by Crippen LogP contribution is -2.49. The quantitative estimate of drug-likeness (QED) is 0.369. The number of nitrogens with one attached hydrogen (secondary N) is 1. The van der Waals surface area contributed by atoms with Crippen molar-refractivity contribution in [3.8, 4) is 5.75 Å². The molecule has 0 fully saturated rings. The SMILES string of the molecule is CC[C@@H](C)NC(=O)[C@@H](C)N(Cc1ccc(Cl)c(Cl)c1)C(=O)CCCN(c1cccc(OC)c1)S(C)(=O)=O. The second-order valence-corrected chi connectivity index (χ2v) is 11.6. The average molecular weight is 573 g/mol. The standard InChI is InChI=1S/C26H35Cl2N3O5S/c1-6-18(2)29-26(33)19(3)30(17-20-12-13-23(27)24(28)15-20)25(32)11-8-14-31(37(5,34)35)21-9-7-10-22(16-21)36-4/h7,9-10,12-13,15-16,18-19H,6,8,11,14,17H2,1-5H3,(H,29,33)/t18-,19-/m1/s1. The zero-order valence-corrected chi connectivity index (χ0v) is 24.2. The molecule has 2 atom stereocenters. The molecule has 2 aromatic rings. The lowest BCUT2D eigenvalue weighted by atomic mass is 10.1. The van der Waals surface area contributed by atoms with Crippen LogP contribution in [0, 0.1) is 0 Å². The van der Waals surface area contributed by atoms with Crippen molar-refractivity contribution < 1.29 is 22.7 Å². The number of hydrogen-bond donors (Lipinski definition) is 1. The van der Waals surface area contributed by atoms with E-state index < -0.39 is 16.1 Å². The summed E-state index contributed by atoms with van der Waals surface area (Å²) in [6.45, 7) is 5.77. The molecule has 0 saturated carbocycles. The van der Waals surface area contributed by atoms with Gasteiger partial charge in [0.05, 0.1) is 29.1 Å². The third-order valence-corrected chi connectivity index (χ3v) is 7.93. The van der Waals surface area contributed by atoms with E-state index in [0.717, 1.165) is 18.2 Å². The van der Waals surface area contributed by atoms with Crippen LogP contribution < -0.4 is 14.4 Å². The maximum absolute atomic E-state index is 13.4. The van der Waals surface area contributed by atoms with Gasteiger partial charge in [-0.25, -0.2) is 8.42 Å². The smallest absolute Gasteiger partial charge is 0.242 e. The number of methoxy groups -OCH3 is 1. The Kier molecular flexibility index (Phi) is 11.5. The number of carbonyl (C=O) groups is 2. The first-order valence-electron chi connectivity index (χ1n) is 12.0. The summed E-state index contributed by atoms with van der Waals surface area (Å²) in [4.78, 5) is 27.7. The molecule has 1 N–H and O–H groups in total. The number of nitrogens with zero attached hydrogens (tertiary/aromatic N) is 2. The number of hydrogen-bond acceptors (Lipinski definition) is 5. The van der Waals surface area contributed by atoms with Gasteiger partial charge >= 0.3 is 0 Å². The summed E-state index contributed by atoms with van der Waals surface area (Å²) in [6.07, 6.45) is 2.16. The highest BCUT2D eigenvalue weighted by molar-refractivity contribution is 7.92. The molecule has 37 heavy (non-hydrogen) atoms. The maximum Gasteiger partial charge on any atom is 0.242 e. The largest absolute Gasteiger partial charge is 0.497 e. The van der Waals surface area contributed by atoms with Gasteiger partial charge < -0.3 is 15.0 Å². The molecule has 0 bridgehead atoms. The first-order valence-corrected chi connectivity index (χ1v) is 14.6. The predicted octanol–water partition coefficient (Wildman–Crippen LogP) is 4.88. The van der Waals surface area contributed by atoms with Gasteiger partial charge in [0.25, 0.3) is 0 Å². The van der Waals surface area contributed by atoms with E-state index in [-0.39, 0.29) is 43.8 Å². The monoisotopic (exact) mass is 571 g/mol. The van der Waals surface area contributed by atoms with Crippen LogP contribution in [0.1, 0.15) is 45.6 Å². The highest BCUT2D eigenvalue weighted by Gasteiger charge is 2.27. The molecule has 0 heterocycles.